The number of rotatable bonds is 5. The van der Waals surface area contributed by atoms with Gasteiger partial charge in [0.2, 0.25) is 0 Å². The summed E-state index contributed by atoms with van der Waals surface area (Å²) < 4.78 is 0. The van der Waals surface area contributed by atoms with Crippen molar-refractivity contribution in [1.82, 2.24) is 15.5 Å². The van der Waals surface area contributed by atoms with E-state index in [1.807, 2.05) is 0 Å². The molecule has 1 aromatic carbocycles. The Labute approximate surface area is 115 Å². The highest BCUT2D eigenvalue weighted by Crippen LogP contribution is 2.05. The largest absolute Gasteiger partial charge is 0.356 e. The van der Waals surface area contributed by atoms with Crippen molar-refractivity contribution in [2.45, 2.75) is 19.4 Å². The Morgan fingerprint density at radius 1 is 1.21 bits per heavy atom. The van der Waals surface area contributed by atoms with Gasteiger partial charge in [0, 0.05) is 26.2 Å². The third-order valence-corrected chi connectivity index (χ3v) is 3.23. The SMILES string of the molecule is CN(C)CCc1ccc(CNC2=NCCCN2)cc1. The first-order chi connectivity index (χ1) is 9.24. The van der Waals surface area contributed by atoms with Crippen LogP contribution in [0.25, 0.3) is 0 Å². The van der Waals surface area contributed by atoms with E-state index >= 15 is 0 Å². The van der Waals surface area contributed by atoms with Crippen LogP contribution < -0.4 is 10.6 Å². The van der Waals surface area contributed by atoms with Crippen molar-refractivity contribution in [2.24, 2.45) is 4.99 Å². The lowest BCUT2D eigenvalue weighted by atomic mass is 10.1. The highest BCUT2D eigenvalue weighted by Gasteiger charge is 2.03. The predicted octanol–water partition coefficient (Wildman–Crippen LogP) is 1.23. The van der Waals surface area contributed by atoms with Gasteiger partial charge in [-0.1, -0.05) is 24.3 Å². The fourth-order valence-corrected chi connectivity index (χ4v) is 2.01. The fraction of sp³-hybridized carbons (Fsp3) is 0.533. The number of guanidine groups is 1. The van der Waals surface area contributed by atoms with Gasteiger partial charge < -0.3 is 15.5 Å². The Morgan fingerprint density at radius 3 is 2.58 bits per heavy atom. The molecule has 4 heteroatoms. The van der Waals surface area contributed by atoms with Crippen molar-refractivity contribution < 1.29 is 0 Å². The van der Waals surface area contributed by atoms with Gasteiger partial charge >= 0.3 is 0 Å². The average Bonchev–Trinajstić information content (AvgIpc) is 2.45. The summed E-state index contributed by atoms with van der Waals surface area (Å²) >= 11 is 0. The van der Waals surface area contributed by atoms with Crippen molar-refractivity contribution in [3.8, 4) is 0 Å². The van der Waals surface area contributed by atoms with Gasteiger partial charge in [0.25, 0.3) is 0 Å². The zero-order valence-electron chi connectivity index (χ0n) is 11.9. The van der Waals surface area contributed by atoms with Gasteiger partial charge in [-0.25, -0.2) is 0 Å². The third kappa shape index (κ3) is 4.91. The van der Waals surface area contributed by atoms with Gasteiger partial charge in [-0.2, -0.15) is 0 Å². The minimum absolute atomic E-state index is 0.833. The maximum absolute atomic E-state index is 4.40. The molecule has 1 aromatic rings. The Kier molecular flexibility index (Phi) is 5.21. The second kappa shape index (κ2) is 7.14. The molecule has 1 aliphatic heterocycles. The van der Waals surface area contributed by atoms with Crippen LogP contribution in [0.2, 0.25) is 0 Å². The van der Waals surface area contributed by atoms with Crippen LogP contribution in [0, 0.1) is 0 Å². The minimum atomic E-state index is 0.833. The smallest absolute Gasteiger partial charge is 0.191 e. The molecule has 0 atom stereocenters. The van der Waals surface area contributed by atoms with Crippen LogP contribution in [0.1, 0.15) is 17.5 Å². The van der Waals surface area contributed by atoms with Gasteiger partial charge in [0.1, 0.15) is 0 Å². The summed E-state index contributed by atoms with van der Waals surface area (Å²) in [4.78, 5) is 6.61. The number of aliphatic imine (C=N–C) groups is 1. The molecule has 0 fully saturated rings. The van der Waals surface area contributed by atoms with E-state index in [1.54, 1.807) is 0 Å². The van der Waals surface area contributed by atoms with Crippen LogP contribution in [0.3, 0.4) is 0 Å². The predicted molar refractivity (Wildman–Crippen MR) is 80.5 cm³/mol. The number of likely N-dealkylation sites (N-methyl/N-ethyl adjacent to an activating group) is 1. The Morgan fingerprint density at radius 2 is 1.95 bits per heavy atom. The second-order valence-corrected chi connectivity index (χ2v) is 5.23. The lowest BCUT2D eigenvalue weighted by Crippen LogP contribution is -2.40. The van der Waals surface area contributed by atoms with Crippen LogP contribution in [-0.2, 0) is 13.0 Å². The van der Waals surface area contributed by atoms with E-state index in [2.05, 4.69) is 58.9 Å². The maximum Gasteiger partial charge on any atom is 0.191 e. The van der Waals surface area contributed by atoms with Gasteiger partial charge in [-0.3, -0.25) is 4.99 Å². The van der Waals surface area contributed by atoms with Crippen molar-refractivity contribution >= 4 is 5.96 Å². The van der Waals surface area contributed by atoms with E-state index in [1.165, 1.54) is 11.1 Å². The van der Waals surface area contributed by atoms with E-state index in [-0.39, 0.29) is 0 Å². The molecule has 1 heterocycles. The van der Waals surface area contributed by atoms with Gasteiger partial charge in [0.05, 0.1) is 0 Å². The number of nitrogens with one attached hydrogen (secondary N) is 2. The lowest BCUT2D eigenvalue weighted by Gasteiger charge is -2.16. The van der Waals surface area contributed by atoms with Gasteiger partial charge in [-0.05, 0) is 38.1 Å². The monoisotopic (exact) mass is 260 g/mol. The third-order valence-electron chi connectivity index (χ3n) is 3.23. The normalized spacial score (nSPS) is 15.0. The molecule has 19 heavy (non-hydrogen) atoms. The summed E-state index contributed by atoms with van der Waals surface area (Å²) in [5.74, 6) is 0.933. The lowest BCUT2D eigenvalue weighted by molar-refractivity contribution is 0.413. The summed E-state index contributed by atoms with van der Waals surface area (Å²) in [6.45, 7) is 3.88. The second-order valence-electron chi connectivity index (χ2n) is 5.23. The molecule has 0 amide bonds. The molecule has 0 radical (unpaired) electrons. The first kappa shape index (κ1) is 13.9. The topological polar surface area (TPSA) is 39.7 Å². The highest BCUT2D eigenvalue weighted by atomic mass is 15.2. The molecular formula is C15H24N4. The molecular weight excluding hydrogens is 236 g/mol. The van der Waals surface area contributed by atoms with Crippen molar-refractivity contribution in [2.75, 3.05) is 33.7 Å². The highest BCUT2D eigenvalue weighted by molar-refractivity contribution is 5.80. The van der Waals surface area contributed by atoms with Crippen molar-refractivity contribution in [3.05, 3.63) is 35.4 Å². The fourth-order valence-electron chi connectivity index (χ4n) is 2.01. The van der Waals surface area contributed by atoms with Crippen LogP contribution in [0.4, 0.5) is 0 Å². The van der Waals surface area contributed by atoms with Gasteiger partial charge in [0.15, 0.2) is 5.96 Å². The molecule has 0 bridgehead atoms. The van der Waals surface area contributed by atoms with Gasteiger partial charge in [-0.15, -0.1) is 0 Å². The standard InChI is InChI=1S/C15H24N4/c1-19(2)11-8-13-4-6-14(7-5-13)12-18-15-16-9-3-10-17-15/h4-7H,3,8-12H2,1-2H3,(H2,16,17,18). The zero-order chi connectivity index (χ0) is 13.5. The average molecular weight is 260 g/mol. The minimum Gasteiger partial charge on any atom is -0.356 e. The number of hydrogen-bond acceptors (Lipinski definition) is 4. The summed E-state index contributed by atoms with van der Waals surface area (Å²) in [7, 11) is 4.21. The first-order valence-corrected chi connectivity index (χ1v) is 6.99. The molecule has 2 rings (SSSR count). The van der Waals surface area contributed by atoms with Crippen LogP contribution in [0.5, 0.6) is 0 Å². The summed E-state index contributed by atoms with van der Waals surface area (Å²) in [6, 6.07) is 8.83. The molecule has 0 saturated heterocycles. The molecule has 0 spiro atoms. The number of hydrogen-bond donors (Lipinski definition) is 2. The molecule has 1 aliphatic rings. The number of benzene rings is 1. The van der Waals surface area contributed by atoms with E-state index in [9.17, 15) is 0 Å². The molecule has 0 unspecified atom stereocenters. The van der Waals surface area contributed by atoms with Crippen LogP contribution >= 0.6 is 0 Å². The zero-order valence-corrected chi connectivity index (χ0v) is 11.9. The molecule has 2 N–H and O–H groups in total. The maximum atomic E-state index is 4.40. The molecule has 0 aromatic heterocycles. The first-order valence-electron chi connectivity index (χ1n) is 6.99. The van der Waals surface area contributed by atoms with E-state index in [4.69, 9.17) is 0 Å². The van der Waals surface area contributed by atoms with E-state index in [0.717, 1.165) is 45.0 Å². The molecule has 0 aliphatic carbocycles. The quantitative estimate of drug-likeness (QED) is 0.836. The Bertz CT molecular complexity index is 409. The summed E-state index contributed by atoms with van der Waals surface area (Å²) in [5.41, 5.74) is 2.69. The Balaban J connectivity index is 1.79. The van der Waals surface area contributed by atoms with Crippen LogP contribution in [-0.4, -0.2) is 44.6 Å². The van der Waals surface area contributed by atoms with Crippen LogP contribution in [0.15, 0.2) is 29.3 Å². The van der Waals surface area contributed by atoms with E-state index in [0.29, 0.717) is 0 Å². The number of nitrogens with zero attached hydrogens (tertiary/aromatic N) is 2. The van der Waals surface area contributed by atoms with Crippen molar-refractivity contribution in [3.63, 3.8) is 0 Å². The molecule has 4 nitrogen and oxygen atoms in total. The summed E-state index contributed by atoms with van der Waals surface area (Å²) in [5, 5.41) is 6.61. The summed E-state index contributed by atoms with van der Waals surface area (Å²) in [6.07, 6.45) is 2.24. The van der Waals surface area contributed by atoms with Crippen molar-refractivity contribution in [1.29, 1.82) is 0 Å². The molecule has 0 saturated carbocycles. The molecule has 104 valence electrons. The van der Waals surface area contributed by atoms with E-state index < -0.39 is 0 Å². The Hall–Kier alpha value is -1.55.